The quantitative estimate of drug-likeness (QED) is 0.880. The molecule has 1 atom stereocenters. The second kappa shape index (κ2) is 5.32. The molecule has 0 heterocycles. The van der Waals surface area contributed by atoms with Crippen LogP contribution < -0.4 is 11.1 Å². The third-order valence-corrected chi connectivity index (χ3v) is 2.93. The molecule has 0 bridgehead atoms. The lowest BCUT2D eigenvalue weighted by Gasteiger charge is -2.25. The minimum atomic E-state index is -0.861. The van der Waals surface area contributed by atoms with E-state index < -0.39 is 34.7 Å². The molecule has 1 rings (SSSR count). The van der Waals surface area contributed by atoms with Crippen molar-refractivity contribution < 1.29 is 13.6 Å². The number of nitrogens with one attached hydrogen (secondary N) is 1. The molecule has 0 unspecified atom stereocenters. The molecule has 6 heteroatoms. The molecule has 3 N–H and O–H groups in total. The molecule has 1 aromatic rings. The zero-order valence-corrected chi connectivity index (χ0v) is 11.9. The van der Waals surface area contributed by atoms with Gasteiger partial charge in [-0.15, -0.1) is 0 Å². The molecule has 18 heavy (non-hydrogen) atoms. The van der Waals surface area contributed by atoms with Crippen molar-refractivity contribution in [3.63, 3.8) is 0 Å². The maximum Gasteiger partial charge on any atom is 0.241 e. The fraction of sp³-hybridized carbons (Fsp3) is 0.417. The molecular weight excluding hydrogens is 306 g/mol. The summed E-state index contributed by atoms with van der Waals surface area (Å²) in [6.07, 6.45) is 0. The van der Waals surface area contributed by atoms with Gasteiger partial charge in [0.1, 0.15) is 5.69 Å². The summed E-state index contributed by atoms with van der Waals surface area (Å²) in [5.74, 6) is -2.32. The fourth-order valence-corrected chi connectivity index (χ4v) is 1.66. The van der Waals surface area contributed by atoms with Crippen LogP contribution in [0, 0.1) is 17.0 Å². The van der Waals surface area contributed by atoms with E-state index in [-0.39, 0.29) is 4.47 Å². The molecule has 0 aliphatic carbocycles. The molecule has 0 aromatic heterocycles. The number of hydrogen-bond acceptors (Lipinski definition) is 2. The Labute approximate surface area is 113 Å². The smallest absolute Gasteiger partial charge is 0.241 e. The van der Waals surface area contributed by atoms with Crippen LogP contribution in [-0.4, -0.2) is 11.9 Å². The maximum atomic E-state index is 13.5. The number of anilines is 1. The predicted molar refractivity (Wildman–Crippen MR) is 70.1 cm³/mol. The third-order valence-electron chi connectivity index (χ3n) is 2.47. The van der Waals surface area contributed by atoms with Crippen LogP contribution in [0.2, 0.25) is 0 Å². The van der Waals surface area contributed by atoms with E-state index in [0.717, 1.165) is 12.1 Å². The van der Waals surface area contributed by atoms with Gasteiger partial charge in [-0.3, -0.25) is 4.79 Å². The lowest BCUT2D eigenvalue weighted by atomic mass is 9.87. The number of halogens is 3. The normalized spacial score (nSPS) is 13.3. The molecular formula is C12H15BrF2N2O. The van der Waals surface area contributed by atoms with E-state index in [0.29, 0.717) is 0 Å². The summed E-state index contributed by atoms with van der Waals surface area (Å²) >= 11 is 2.96. The SMILES string of the molecule is CC(C)(C)[C@H](N)C(=O)Nc1c(F)cc(Br)cc1F. The Morgan fingerprint density at radius 3 is 2.17 bits per heavy atom. The van der Waals surface area contributed by atoms with E-state index >= 15 is 0 Å². The van der Waals surface area contributed by atoms with Crippen molar-refractivity contribution in [2.24, 2.45) is 11.1 Å². The second-order valence-electron chi connectivity index (χ2n) is 5.08. The van der Waals surface area contributed by atoms with E-state index in [1.54, 1.807) is 20.8 Å². The van der Waals surface area contributed by atoms with Crippen molar-refractivity contribution in [2.75, 3.05) is 5.32 Å². The Morgan fingerprint density at radius 1 is 1.33 bits per heavy atom. The van der Waals surface area contributed by atoms with Gasteiger partial charge in [-0.2, -0.15) is 0 Å². The van der Waals surface area contributed by atoms with Crippen LogP contribution in [-0.2, 0) is 4.79 Å². The van der Waals surface area contributed by atoms with Crippen molar-refractivity contribution in [2.45, 2.75) is 26.8 Å². The molecule has 100 valence electrons. The summed E-state index contributed by atoms with van der Waals surface area (Å²) in [5, 5.41) is 2.18. The molecule has 3 nitrogen and oxygen atoms in total. The van der Waals surface area contributed by atoms with E-state index in [4.69, 9.17) is 5.73 Å². The van der Waals surface area contributed by atoms with Crippen molar-refractivity contribution >= 4 is 27.5 Å². The number of nitrogens with two attached hydrogens (primary N) is 1. The Bertz CT molecular complexity index is 449. The Balaban J connectivity index is 2.96. The first-order valence-corrected chi connectivity index (χ1v) is 6.13. The van der Waals surface area contributed by atoms with Gasteiger partial charge in [-0.05, 0) is 17.5 Å². The van der Waals surface area contributed by atoms with Crippen molar-refractivity contribution in [3.8, 4) is 0 Å². The number of carbonyl (C=O) groups excluding carboxylic acids is 1. The molecule has 0 saturated heterocycles. The average molecular weight is 321 g/mol. The van der Waals surface area contributed by atoms with Gasteiger partial charge in [0.2, 0.25) is 5.91 Å². The standard InChI is InChI=1S/C12H15BrF2N2O/c1-12(2,3)10(16)11(18)17-9-7(14)4-6(13)5-8(9)15/h4-5,10H,16H2,1-3H3,(H,17,18)/t10-/m1/s1. The molecule has 0 spiro atoms. The highest BCUT2D eigenvalue weighted by atomic mass is 79.9. The van der Waals surface area contributed by atoms with Crippen molar-refractivity contribution in [1.29, 1.82) is 0 Å². The fourth-order valence-electron chi connectivity index (χ4n) is 1.26. The molecule has 1 aromatic carbocycles. The highest BCUT2D eigenvalue weighted by molar-refractivity contribution is 9.10. The number of amides is 1. The third kappa shape index (κ3) is 3.49. The minimum absolute atomic E-state index is 0.260. The monoisotopic (exact) mass is 320 g/mol. The van der Waals surface area contributed by atoms with Crippen molar-refractivity contribution in [1.82, 2.24) is 0 Å². The van der Waals surface area contributed by atoms with Gasteiger partial charge in [0.15, 0.2) is 11.6 Å². The van der Waals surface area contributed by atoms with Gasteiger partial charge in [0.25, 0.3) is 0 Å². The summed E-state index contributed by atoms with van der Waals surface area (Å²) in [6.45, 7) is 5.31. The molecule has 0 aliphatic rings. The molecule has 0 aliphatic heterocycles. The van der Waals surface area contributed by atoms with E-state index in [1.165, 1.54) is 0 Å². The first-order chi connectivity index (χ1) is 8.12. The van der Waals surface area contributed by atoms with Crippen LogP contribution >= 0.6 is 15.9 Å². The van der Waals surface area contributed by atoms with Gasteiger partial charge in [0.05, 0.1) is 6.04 Å². The zero-order valence-electron chi connectivity index (χ0n) is 10.4. The molecule has 0 radical (unpaired) electrons. The predicted octanol–water partition coefficient (Wildman–Crippen LogP) is 3.04. The largest absolute Gasteiger partial charge is 0.320 e. The van der Waals surface area contributed by atoms with Crippen LogP contribution in [0.15, 0.2) is 16.6 Å². The number of carbonyl (C=O) groups is 1. The molecule has 1 amide bonds. The van der Waals surface area contributed by atoms with Crippen molar-refractivity contribution in [3.05, 3.63) is 28.2 Å². The Morgan fingerprint density at radius 2 is 1.78 bits per heavy atom. The average Bonchev–Trinajstić information content (AvgIpc) is 2.20. The van der Waals surface area contributed by atoms with Gasteiger partial charge < -0.3 is 11.1 Å². The van der Waals surface area contributed by atoms with Crippen LogP contribution in [0.25, 0.3) is 0 Å². The topological polar surface area (TPSA) is 55.1 Å². The van der Waals surface area contributed by atoms with Gasteiger partial charge in [-0.1, -0.05) is 36.7 Å². The lowest BCUT2D eigenvalue weighted by Crippen LogP contribution is -2.45. The van der Waals surface area contributed by atoms with E-state index in [9.17, 15) is 13.6 Å². The summed E-state index contributed by atoms with van der Waals surface area (Å²) in [6, 6.07) is 1.28. The minimum Gasteiger partial charge on any atom is -0.320 e. The highest BCUT2D eigenvalue weighted by Gasteiger charge is 2.28. The zero-order chi connectivity index (χ0) is 14.1. The first kappa shape index (κ1) is 15.0. The summed E-state index contributed by atoms with van der Waals surface area (Å²) in [4.78, 5) is 11.8. The summed E-state index contributed by atoms with van der Waals surface area (Å²) < 4.78 is 27.3. The van der Waals surface area contributed by atoms with Crippen LogP contribution in [0.1, 0.15) is 20.8 Å². The number of rotatable bonds is 2. The first-order valence-electron chi connectivity index (χ1n) is 5.34. The van der Waals surface area contributed by atoms with Gasteiger partial charge >= 0.3 is 0 Å². The number of hydrogen-bond donors (Lipinski definition) is 2. The van der Waals surface area contributed by atoms with Crippen LogP contribution in [0.5, 0.6) is 0 Å². The highest BCUT2D eigenvalue weighted by Crippen LogP contribution is 2.25. The molecule has 0 saturated carbocycles. The Kier molecular flexibility index (Phi) is 4.45. The summed E-state index contributed by atoms with van der Waals surface area (Å²) in [5.41, 5.74) is 4.73. The maximum absolute atomic E-state index is 13.5. The Hall–Kier alpha value is -1.01. The molecule has 0 fully saturated rings. The lowest BCUT2D eigenvalue weighted by molar-refractivity contribution is -0.119. The van der Waals surface area contributed by atoms with Gasteiger partial charge in [0, 0.05) is 4.47 Å². The van der Waals surface area contributed by atoms with Crippen LogP contribution in [0.4, 0.5) is 14.5 Å². The van der Waals surface area contributed by atoms with E-state index in [1.807, 2.05) is 0 Å². The number of benzene rings is 1. The second-order valence-corrected chi connectivity index (χ2v) is 5.99. The van der Waals surface area contributed by atoms with Gasteiger partial charge in [-0.25, -0.2) is 8.78 Å². The van der Waals surface area contributed by atoms with Crippen LogP contribution in [0.3, 0.4) is 0 Å². The summed E-state index contributed by atoms with van der Waals surface area (Å²) in [7, 11) is 0. The van der Waals surface area contributed by atoms with E-state index in [2.05, 4.69) is 21.2 Å².